The van der Waals surface area contributed by atoms with E-state index in [9.17, 15) is 0 Å². The Morgan fingerprint density at radius 3 is 2.57 bits per heavy atom. The Kier molecular flexibility index (Phi) is 3.31. The Bertz CT molecular complexity index is 289. The zero-order chi connectivity index (χ0) is 10.8. The van der Waals surface area contributed by atoms with E-state index in [0.29, 0.717) is 17.3 Å². The maximum Gasteiger partial charge on any atom is 0.233 e. The van der Waals surface area contributed by atoms with E-state index in [-0.39, 0.29) is 0 Å². The van der Waals surface area contributed by atoms with Gasteiger partial charge in [0, 0.05) is 18.1 Å². The molecule has 1 aromatic rings. The van der Waals surface area contributed by atoms with Crippen molar-refractivity contribution >= 4 is 22.6 Å². The highest BCUT2D eigenvalue weighted by Gasteiger charge is 2.19. The van der Waals surface area contributed by atoms with Gasteiger partial charge in [-0.05, 0) is 11.3 Å². The molecule has 5 heteroatoms. The lowest BCUT2D eigenvalue weighted by atomic mass is 9.82. The van der Waals surface area contributed by atoms with Crippen molar-refractivity contribution in [3.8, 4) is 0 Å². The molecule has 0 aliphatic rings. The molecular weight excluding hydrogens is 196 g/mol. The summed E-state index contributed by atoms with van der Waals surface area (Å²) >= 11 is 1.30. The zero-order valence-corrected chi connectivity index (χ0v) is 9.98. The number of nitrogens with one attached hydrogen (secondary N) is 1. The second-order valence-electron chi connectivity index (χ2n) is 4.61. The molecule has 0 saturated heterocycles. The third kappa shape index (κ3) is 3.14. The summed E-state index contributed by atoms with van der Waals surface area (Å²) in [6.45, 7) is 9.81. The molecule has 1 atom stereocenters. The Balaban J connectivity index is 2.41. The molecule has 1 rings (SSSR count). The van der Waals surface area contributed by atoms with Crippen molar-refractivity contribution in [2.24, 2.45) is 11.3 Å². The van der Waals surface area contributed by atoms with E-state index in [1.807, 2.05) is 0 Å². The minimum Gasteiger partial charge on any atom is -0.367 e. The molecule has 0 amide bonds. The number of nitrogens with two attached hydrogens (primary N) is 1. The lowest BCUT2D eigenvalue weighted by Gasteiger charge is -2.27. The van der Waals surface area contributed by atoms with Crippen molar-refractivity contribution in [2.75, 3.05) is 17.6 Å². The normalized spacial score (nSPS) is 14.0. The van der Waals surface area contributed by atoms with Crippen LogP contribution < -0.4 is 11.1 Å². The number of hydrogen-bond acceptors (Lipinski definition) is 5. The second-order valence-corrected chi connectivity index (χ2v) is 5.36. The van der Waals surface area contributed by atoms with Crippen LogP contribution in [-0.4, -0.2) is 15.9 Å². The van der Waals surface area contributed by atoms with Gasteiger partial charge in [0.25, 0.3) is 0 Å². The quantitative estimate of drug-likeness (QED) is 0.809. The third-order valence-electron chi connectivity index (χ3n) is 2.48. The summed E-state index contributed by atoms with van der Waals surface area (Å²) < 4.78 is 3.90. The van der Waals surface area contributed by atoms with Crippen LogP contribution in [0.5, 0.6) is 0 Å². The number of aromatic nitrogens is 2. The van der Waals surface area contributed by atoms with E-state index in [0.717, 1.165) is 11.7 Å². The Labute approximate surface area is 89.1 Å². The van der Waals surface area contributed by atoms with Gasteiger partial charge in [-0.15, -0.1) is 0 Å². The SMILES string of the molecule is CC(CNc1nc(N)ns1)C(C)(C)C. The molecule has 0 radical (unpaired) electrons. The highest BCUT2D eigenvalue weighted by atomic mass is 32.1. The van der Waals surface area contributed by atoms with Crippen LogP contribution in [0.25, 0.3) is 0 Å². The number of nitrogen functional groups attached to an aromatic ring is 1. The Morgan fingerprint density at radius 1 is 1.50 bits per heavy atom. The van der Waals surface area contributed by atoms with E-state index >= 15 is 0 Å². The summed E-state index contributed by atoms with van der Waals surface area (Å²) in [5, 5.41) is 4.04. The van der Waals surface area contributed by atoms with Crippen LogP contribution in [0.4, 0.5) is 11.1 Å². The molecule has 0 saturated carbocycles. The molecule has 14 heavy (non-hydrogen) atoms. The number of rotatable bonds is 3. The fraction of sp³-hybridized carbons (Fsp3) is 0.778. The number of nitrogens with zero attached hydrogens (tertiary/aromatic N) is 2. The van der Waals surface area contributed by atoms with E-state index in [2.05, 4.69) is 42.4 Å². The van der Waals surface area contributed by atoms with Crippen molar-refractivity contribution in [3.05, 3.63) is 0 Å². The van der Waals surface area contributed by atoms with Crippen LogP contribution in [0, 0.1) is 11.3 Å². The van der Waals surface area contributed by atoms with Crippen molar-refractivity contribution in [2.45, 2.75) is 27.7 Å². The molecule has 0 spiro atoms. The highest BCUT2D eigenvalue weighted by molar-refractivity contribution is 7.09. The predicted octanol–water partition coefficient (Wildman–Crippen LogP) is 2.21. The van der Waals surface area contributed by atoms with E-state index in [1.54, 1.807) is 0 Å². The van der Waals surface area contributed by atoms with Crippen LogP contribution >= 0.6 is 11.5 Å². The van der Waals surface area contributed by atoms with Gasteiger partial charge in [0.2, 0.25) is 11.1 Å². The van der Waals surface area contributed by atoms with Crippen molar-refractivity contribution < 1.29 is 0 Å². The zero-order valence-electron chi connectivity index (χ0n) is 9.16. The highest BCUT2D eigenvalue weighted by Crippen LogP contribution is 2.25. The van der Waals surface area contributed by atoms with Crippen LogP contribution in [0.1, 0.15) is 27.7 Å². The summed E-state index contributed by atoms with van der Waals surface area (Å²) in [5.41, 5.74) is 5.73. The first-order valence-corrected chi connectivity index (χ1v) is 5.50. The summed E-state index contributed by atoms with van der Waals surface area (Å²) in [4.78, 5) is 4.04. The monoisotopic (exact) mass is 214 g/mol. The molecule has 0 aliphatic heterocycles. The molecule has 1 unspecified atom stereocenters. The third-order valence-corrected chi connectivity index (χ3v) is 3.17. The molecule has 3 N–H and O–H groups in total. The van der Waals surface area contributed by atoms with Crippen molar-refractivity contribution in [3.63, 3.8) is 0 Å². The van der Waals surface area contributed by atoms with Gasteiger partial charge in [-0.25, -0.2) is 0 Å². The summed E-state index contributed by atoms with van der Waals surface area (Å²) in [5.74, 6) is 0.925. The van der Waals surface area contributed by atoms with E-state index in [4.69, 9.17) is 5.73 Å². The van der Waals surface area contributed by atoms with Gasteiger partial charge in [0.05, 0.1) is 0 Å². The maximum atomic E-state index is 5.42. The average Bonchev–Trinajstić information content (AvgIpc) is 2.45. The average molecular weight is 214 g/mol. The fourth-order valence-corrected chi connectivity index (χ4v) is 1.36. The van der Waals surface area contributed by atoms with Gasteiger partial charge < -0.3 is 11.1 Å². The largest absolute Gasteiger partial charge is 0.367 e. The lowest BCUT2D eigenvalue weighted by molar-refractivity contribution is 0.274. The number of anilines is 2. The maximum absolute atomic E-state index is 5.42. The summed E-state index contributed by atoms with van der Waals surface area (Å²) in [7, 11) is 0. The van der Waals surface area contributed by atoms with Crippen LogP contribution in [0.15, 0.2) is 0 Å². The minimum atomic E-state index is 0.309. The van der Waals surface area contributed by atoms with Crippen LogP contribution in [-0.2, 0) is 0 Å². The first-order chi connectivity index (χ1) is 6.39. The molecule has 0 bridgehead atoms. The van der Waals surface area contributed by atoms with E-state index < -0.39 is 0 Å². The van der Waals surface area contributed by atoms with Crippen molar-refractivity contribution in [1.82, 2.24) is 9.36 Å². The second kappa shape index (κ2) is 4.13. The Hall–Kier alpha value is -0.840. The topological polar surface area (TPSA) is 63.8 Å². The van der Waals surface area contributed by atoms with Gasteiger partial charge in [-0.1, -0.05) is 27.7 Å². The molecule has 0 aliphatic carbocycles. The molecule has 80 valence electrons. The molecule has 1 aromatic heterocycles. The molecular formula is C9H18N4S. The molecule has 4 nitrogen and oxygen atoms in total. The molecule has 1 heterocycles. The summed E-state index contributed by atoms with van der Waals surface area (Å²) in [6, 6.07) is 0. The number of hydrogen-bond donors (Lipinski definition) is 2. The molecule has 0 aromatic carbocycles. The summed E-state index contributed by atoms with van der Waals surface area (Å²) in [6.07, 6.45) is 0. The van der Waals surface area contributed by atoms with Gasteiger partial charge in [-0.2, -0.15) is 9.36 Å². The van der Waals surface area contributed by atoms with Gasteiger partial charge in [0.15, 0.2) is 0 Å². The smallest absolute Gasteiger partial charge is 0.233 e. The fourth-order valence-electron chi connectivity index (χ4n) is 0.853. The van der Waals surface area contributed by atoms with E-state index in [1.165, 1.54) is 11.5 Å². The van der Waals surface area contributed by atoms with Crippen LogP contribution in [0.2, 0.25) is 0 Å². The van der Waals surface area contributed by atoms with Gasteiger partial charge >= 0.3 is 0 Å². The molecule has 0 fully saturated rings. The standard InChI is InChI=1S/C9H18N4S/c1-6(9(2,3)4)5-11-8-12-7(10)13-14-8/h6H,5H2,1-4H3,(H3,10,11,12,13). The van der Waals surface area contributed by atoms with Gasteiger partial charge in [0.1, 0.15) is 0 Å². The predicted molar refractivity (Wildman–Crippen MR) is 61.4 cm³/mol. The first kappa shape index (κ1) is 11.2. The lowest BCUT2D eigenvalue weighted by Crippen LogP contribution is -2.24. The van der Waals surface area contributed by atoms with Gasteiger partial charge in [-0.3, -0.25) is 0 Å². The first-order valence-electron chi connectivity index (χ1n) is 4.72. The minimum absolute atomic E-state index is 0.309. The van der Waals surface area contributed by atoms with Crippen LogP contribution in [0.3, 0.4) is 0 Å². The van der Waals surface area contributed by atoms with Crippen molar-refractivity contribution in [1.29, 1.82) is 0 Å². The Morgan fingerprint density at radius 2 is 2.14 bits per heavy atom.